The Morgan fingerprint density at radius 2 is 1.38 bits per heavy atom. The van der Waals surface area contributed by atoms with Crippen LogP contribution >= 0.6 is 0 Å². The molecule has 0 fully saturated rings. The SMILES string of the molecule is CB1OCc2cc(Oc3ccccc3C#N)ccc21.N#Cc1cccnc1Oc1ccc2c(c1)COB2O.[CH3-].[CH3-].[Rb+].[Rb+]. The van der Waals surface area contributed by atoms with Crippen molar-refractivity contribution in [3.8, 4) is 35.3 Å². The van der Waals surface area contributed by atoms with Crippen molar-refractivity contribution in [2.75, 3.05) is 0 Å². The van der Waals surface area contributed by atoms with Crippen molar-refractivity contribution >= 4 is 25.0 Å². The zero-order chi connectivity index (χ0) is 26.5. The second-order valence-corrected chi connectivity index (χ2v) is 8.62. The Balaban J connectivity index is 0.000000383. The van der Waals surface area contributed by atoms with Gasteiger partial charge in [-0.15, -0.1) is 0 Å². The van der Waals surface area contributed by atoms with Gasteiger partial charge in [0.15, 0.2) is 0 Å². The molecule has 0 atom stereocenters. The molecule has 3 heterocycles. The fourth-order valence-electron chi connectivity index (χ4n) is 4.19. The Kier molecular flexibility index (Phi) is 17.4. The van der Waals surface area contributed by atoms with Gasteiger partial charge in [-0.25, -0.2) is 4.98 Å². The molecule has 6 rings (SSSR count). The van der Waals surface area contributed by atoms with E-state index in [-0.39, 0.29) is 144 Å². The minimum atomic E-state index is -0.867. The normalized spacial score (nSPS) is 11.7. The average Bonchev–Trinajstić information content (AvgIpc) is 3.51. The number of hydrogen-bond acceptors (Lipinski definition) is 8. The molecule has 2 aliphatic heterocycles. The topological polar surface area (TPSA) is 118 Å². The summed E-state index contributed by atoms with van der Waals surface area (Å²) in [5, 5.41) is 27.5. The summed E-state index contributed by atoms with van der Waals surface area (Å²) >= 11 is 0. The van der Waals surface area contributed by atoms with Crippen LogP contribution < -0.4 is 137 Å². The van der Waals surface area contributed by atoms with Crippen LogP contribution in [0.15, 0.2) is 79.0 Å². The van der Waals surface area contributed by atoms with Crippen molar-refractivity contribution < 1.29 is 140 Å². The Morgan fingerprint density at radius 3 is 2.10 bits per heavy atom. The van der Waals surface area contributed by atoms with Crippen LogP contribution in [-0.2, 0) is 22.5 Å². The zero-order valence-corrected chi connectivity index (χ0v) is 34.3. The summed E-state index contributed by atoms with van der Waals surface area (Å²) in [6.45, 7) is 3.15. The summed E-state index contributed by atoms with van der Waals surface area (Å²) in [5.74, 6) is 2.15. The molecular weight excluding hydrogens is 675 g/mol. The number of benzene rings is 3. The number of para-hydroxylation sites is 1. The summed E-state index contributed by atoms with van der Waals surface area (Å²) in [5.41, 5.74) is 4.89. The van der Waals surface area contributed by atoms with Crippen LogP contribution in [0.2, 0.25) is 6.82 Å². The van der Waals surface area contributed by atoms with E-state index in [0.29, 0.717) is 35.8 Å². The van der Waals surface area contributed by atoms with Gasteiger partial charge in [-0.05, 0) is 70.6 Å². The van der Waals surface area contributed by atoms with Crippen LogP contribution in [0.5, 0.6) is 23.1 Å². The van der Waals surface area contributed by atoms with E-state index in [2.05, 4.69) is 11.1 Å². The largest absolute Gasteiger partial charge is 1.00 e. The Hall–Kier alpha value is -0.990. The van der Waals surface area contributed by atoms with Crippen molar-refractivity contribution in [2.24, 2.45) is 0 Å². The quantitative estimate of drug-likeness (QED) is 0.204. The third-order valence-corrected chi connectivity index (χ3v) is 6.16. The Bertz CT molecular complexity index is 1460. The predicted octanol–water partition coefficient (Wildman–Crippen LogP) is -1.42. The molecule has 0 saturated heterocycles. The maximum atomic E-state index is 9.53. The van der Waals surface area contributed by atoms with Crippen LogP contribution in [0, 0.1) is 37.5 Å². The zero-order valence-electron chi connectivity index (χ0n) is 24.5. The number of rotatable bonds is 4. The monoisotopic (exact) mass is 701 g/mol. The van der Waals surface area contributed by atoms with Crippen LogP contribution in [0.4, 0.5) is 0 Å². The van der Waals surface area contributed by atoms with E-state index in [0.717, 1.165) is 22.3 Å². The minimum absolute atomic E-state index is 0. The predicted molar refractivity (Wildman–Crippen MR) is 154 cm³/mol. The molecule has 12 heteroatoms. The van der Waals surface area contributed by atoms with Gasteiger partial charge >= 0.3 is 130 Å². The van der Waals surface area contributed by atoms with Crippen LogP contribution in [0.1, 0.15) is 22.3 Å². The summed E-state index contributed by atoms with van der Waals surface area (Å²) in [4.78, 5) is 4.03. The van der Waals surface area contributed by atoms with Crippen molar-refractivity contribution in [2.45, 2.75) is 20.0 Å². The summed E-state index contributed by atoms with van der Waals surface area (Å²) in [6.07, 6.45) is 1.57. The summed E-state index contributed by atoms with van der Waals surface area (Å²) in [6, 6.07) is 25.8. The maximum Gasteiger partial charge on any atom is 1.00 e. The fraction of sp³-hybridized carbons (Fsp3) is 0.100. The number of nitrogens with zero attached hydrogens (tertiary/aromatic N) is 3. The number of ether oxygens (including phenoxy) is 2. The van der Waals surface area contributed by atoms with Gasteiger partial charge < -0.3 is 38.7 Å². The van der Waals surface area contributed by atoms with Crippen molar-refractivity contribution in [1.82, 2.24) is 4.98 Å². The molecule has 0 radical (unpaired) electrons. The van der Waals surface area contributed by atoms with E-state index in [1.54, 1.807) is 48.7 Å². The molecule has 0 unspecified atom stereocenters. The first-order valence-electron chi connectivity index (χ1n) is 11.9. The van der Waals surface area contributed by atoms with Gasteiger partial charge in [0.1, 0.15) is 35.0 Å². The molecule has 3 aromatic carbocycles. The van der Waals surface area contributed by atoms with Crippen LogP contribution in [0.25, 0.3) is 0 Å². The molecule has 1 aromatic heterocycles. The molecule has 1 N–H and O–H groups in total. The molecular formula is C30H27B2N3O5Rb2. The van der Waals surface area contributed by atoms with Crippen LogP contribution in [0.3, 0.4) is 0 Å². The van der Waals surface area contributed by atoms with Gasteiger partial charge in [-0.2, -0.15) is 10.5 Å². The number of hydrogen-bond donors (Lipinski definition) is 1. The van der Waals surface area contributed by atoms with E-state index in [9.17, 15) is 5.02 Å². The average molecular weight is 702 g/mol. The van der Waals surface area contributed by atoms with Crippen molar-refractivity contribution in [3.63, 3.8) is 0 Å². The molecule has 4 aromatic rings. The van der Waals surface area contributed by atoms with Crippen molar-refractivity contribution in [3.05, 3.63) is 116 Å². The summed E-state index contributed by atoms with van der Waals surface area (Å²) in [7, 11) is -0.867. The van der Waals surface area contributed by atoms with Crippen molar-refractivity contribution in [1.29, 1.82) is 10.5 Å². The first-order valence-corrected chi connectivity index (χ1v) is 11.9. The smallest absolute Gasteiger partial charge is 0.456 e. The number of fused-ring (bicyclic) bond motifs is 2. The molecule has 0 spiro atoms. The number of aromatic nitrogens is 1. The molecule has 0 saturated carbocycles. The Labute approximate surface area is 346 Å². The van der Waals surface area contributed by atoms with Gasteiger partial charge in [-0.3, -0.25) is 0 Å². The van der Waals surface area contributed by atoms with Gasteiger partial charge in [0.2, 0.25) is 5.88 Å². The number of nitriles is 2. The third-order valence-electron chi connectivity index (χ3n) is 6.16. The molecule has 0 bridgehead atoms. The van der Waals surface area contributed by atoms with E-state index < -0.39 is 7.12 Å². The summed E-state index contributed by atoms with van der Waals surface area (Å²) < 4.78 is 22.0. The standard InChI is InChI=1S/C15H12BNO2.C13H9BN2O3.2CH3.2Rb/c1-16-14-7-6-13(8-12(14)10-18-16)19-15-5-3-2-4-11(15)9-17;15-7-9-2-1-5-16-13(9)19-11-3-4-12-10(6-11)8-18-14(12)17;;;;/h2-8H,10H2,1H3;1-6,17H,8H2;2*1H3;;/q;;2*-1;2*+1. The first-order chi connectivity index (χ1) is 18.6. The first kappa shape index (κ1) is 39.0. The van der Waals surface area contributed by atoms with Crippen LogP contribution in [-0.4, -0.2) is 24.0 Å². The van der Waals surface area contributed by atoms with E-state index >= 15 is 0 Å². The third kappa shape index (κ3) is 9.50. The minimum Gasteiger partial charge on any atom is -0.456 e. The molecule has 200 valence electrons. The van der Waals surface area contributed by atoms with E-state index in [1.807, 2.05) is 43.2 Å². The molecule has 0 amide bonds. The maximum absolute atomic E-state index is 9.53. The molecule has 2 aliphatic rings. The van der Waals surface area contributed by atoms with E-state index in [4.69, 9.17) is 29.3 Å². The molecule has 8 nitrogen and oxygen atoms in total. The van der Waals surface area contributed by atoms with Gasteiger partial charge in [0.25, 0.3) is 0 Å². The Morgan fingerprint density at radius 1 is 0.786 bits per heavy atom. The van der Waals surface area contributed by atoms with Gasteiger partial charge in [0.05, 0.1) is 18.8 Å². The van der Waals surface area contributed by atoms with E-state index in [1.165, 1.54) is 5.46 Å². The van der Waals surface area contributed by atoms with Gasteiger partial charge in [0, 0.05) is 6.20 Å². The second-order valence-electron chi connectivity index (χ2n) is 8.62. The molecule has 0 aliphatic carbocycles. The fourth-order valence-corrected chi connectivity index (χ4v) is 4.19. The van der Waals surface area contributed by atoms with Gasteiger partial charge in [-0.1, -0.05) is 31.1 Å². The molecule has 42 heavy (non-hydrogen) atoms. The number of pyridine rings is 1. The second kappa shape index (κ2) is 18.7.